The van der Waals surface area contributed by atoms with Gasteiger partial charge in [0.15, 0.2) is 0 Å². The van der Waals surface area contributed by atoms with Crippen molar-refractivity contribution < 1.29 is 17.9 Å². The fourth-order valence-electron chi connectivity index (χ4n) is 1.57. The van der Waals surface area contributed by atoms with E-state index in [9.17, 15) is 13.2 Å². The Labute approximate surface area is 118 Å². The van der Waals surface area contributed by atoms with Crippen molar-refractivity contribution in [2.45, 2.75) is 19.2 Å². The van der Waals surface area contributed by atoms with Crippen molar-refractivity contribution in [3.63, 3.8) is 0 Å². The smallest absolute Gasteiger partial charge is 0.406 e. The average Bonchev–Trinajstić information content (AvgIpc) is 2.86. The molecule has 0 saturated heterocycles. The van der Waals surface area contributed by atoms with Crippen LogP contribution in [0, 0.1) is 0 Å². The highest BCUT2D eigenvalue weighted by atomic mass is 32.1. The molecule has 2 N–H and O–H groups in total. The van der Waals surface area contributed by atoms with Crippen molar-refractivity contribution in [1.29, 1.82) is 0 Å². The quantitative estimate of drug-likeness (QED) is 0.935. The van der Waals surface area contributed by atoms with Crippen molar-refractivity contribution in [3.8, 4) is 17.0 Å². The number of ether oxygens (including phenoxy) is 1. The first-order valence-corrected chi connectivity index (χ1v) is 6.78. The molecule has 2 rings (SSSR count). The summed E-state index contributed by atoms with van der Waals surface area (Å²) in [6.07, 6.45) is -4.67. The zero-order valence-corrected chi connectivity index (χ0v) is 11.5. The minimum Gasteiger partial charge on any atom is -0.406 e. The second kappa shape index (κ2) is 5.80. The third kappa shape index (κ3) is 3.71. The van der Waals surface area contributed by atoms with Gasteiger partial charge < -0.3 is 10.5 Å². The summed E-state index contributed by atoms with van der Waals surface area (Å²) in [5, 5.41) is 2.78. The number of hydrogen-bond donors (Lipinski definition) is 1. The van der Waals surface area contributed by atoms with Gasteiger partial charge in [-0.25, -0.2) is 4.98 Å². The summed E-state index contributed by atoms with van der Waals surface area (Å²) in [7, 11) is 0. The van der Waals surface area contributed by atoms with E-state index in [1.807, 2.05) is 12.3 Å². The summed E-state index contributed by atoms with van der Waals surface area (Å²) in [4.78, 5) is 4.43. The van der Waals surface area contributed by atoms with Gasteiger partial charge >= 0.3 is 6.36 Å². The van der Waals surface area contributed by atoms with E-state index in [0.29, 0.717) is 6.54 Å². The Morgan fingerprint density at radius 3 is 2.50 bits per heavy atom. The van der Waals surface area contributed by atoms with Crippen LogP contribution in [0.3, 0.4) is 0 Å². The van der Waals surface area contributed by atoms with Crippen LogP contribution in [0.15, 0.2) is 29.6 Å². The van der Waals surface area contributed by atoms with Gasteiger partial charge in [-0.2, -0.15) is 0 Å². The third-order valence-corrected chi connectivity index (χ3v) is 3.76. The first-order chi connectivity index (χ1) is 9.39. The van der Waals surface area contributed by atoms with E-state index in [0.717, 1.165) is 16.3 Å². The van der Waals surface area contributed by atoms with Crippen molar-refractivity contribution >= 4 is 11.3 Å². The lowest BCUT2D eigenvalue weighted by molar-refractivity contribution is -0.274. The van der Waals surface area contributed by atoms with Crippen LogP contribution in [0.4, 0.5) is 13.2 Å². The topological polar surface area (TPSA) is 48.1 Å². The Bertz CT molecular complexity index is 566. The second-order valence-corrected chi connectivity index (χ2v) is 5.17. The molecular formula is C13H13F3N2OS. The fraction of sp³-hybridized carbons (Fsp3) is 0.308. The van der Waals surface area contributed by atoms with Gasteiger partial charge in [0, 0.05) is 23.4 Å². The van der Waals surface area contributed by atoms with Crippen LogP contribution in [0.1, 0.15) is 17.8 Å². The number of benzene rings is 1. The molecule has 1 heterocycles. The van der Waals surface area contributed by atoms with E-state index in [1.54, 1.807) is 12.1 Å². The van der Waals surface area contributed by atoms with Gasteiger partial charge in [-0.1, -0.05) is 6.92 Å². The monoisotopic (exact) mass is 302 g/mol. The van der Waals surface area contributed by atoms with E-state index in [-0.39, 0.29) is 11.7 Å². The molecule has 0 amide bonds. The standard InChI is InChI=1S/C13H13F3N2OS/c1-8(6-17)12-18-11(7-20-12)9-2-4-10(5-3-9)19-13(14,15)16/h2-5,7-8H,6,17H2,1H3. The van der Waals surface area contributed by atoms with Gasteiger partial charge in [0.05, 0.1) is 10.7 Å². The molecule has 3 nitrogen and oxygen atoms in total. The van der Waals surface area contributed by atoms with Crippen LogP contribution >= 0.6 is 11.3 Å². The van der Waals surface area contributed by atoms with Crippen LogP contribution in [0.5, 0.6) is 5.75 Å². The molecule has 1 atom stereocenters. The number of hydrogen-bond acceptors (Lipinski definition) is 4. The van der Waals surface area contributed by atoms with Crippen LogP contribution in [0.2, 0.25) is 0 Å². The summed E-state index contributed by atoms with van der Waals surface area (Å²) in [5.41, 5.74) is 7.04. The van der Waals surface area contributed by atoms with Gasteiger partial charge in [-0.05, 0) is 24.3 Å². The molecule has 0 radical (unpaired) electrons. The number of nitrogens with zero attached hydrogens (tertiary/aromatic N) is 1. The Morgan fingerprint density at radius 2 is 1.95 bits per heavy atom. The predicted molar refractivity (Wildman–Crippen MR) is 71.7 cm³/mol. The zero-order valence-electron chi connectivity index (χ0n) is 10.6. The van der Waals surface area contributed by atoms with Crippen molar-refractivity contribution in [3.05, 3.63) is 34.7 Å². The van der Waals surface area contributed by atoms with Crippen LogP contribution in [0.25, 0.3) is 11.3 Å². The molecule has 7 heteroatoms. The second-order valence-electron chi connectivity index (χ2n) is 4.28. The number of nitrogens with two attached hydrogens (primary N) is 1. The highest BCUT2D eigenvalue weighted by Crippen LogP contribution is 2.29. The minimum atomic E-state index is -4.67. The molecule has 0 spiro atoms. The number of aromatic nitrogens is 1. The highest BCUT2D eigenvalue weighted by Gasteiger charge is 2.30. The molecule has 108 valence electrons. The molecule has 0 aliphatic carbocycles. The van der Waals surface area contributed by atoms with E-state index < -0.39 is 6.36 Å². The number of rotatable bonds is 4. The summed E-state index contributed by atoms with van der Waals surface area (Å²) in [6.45, 7) is 2.48. The molecule has 1 aromatic heterocycles. The average molecular weight is 302 g/mol. The van der Waals surface area contributed by atoms with Crippen LogP contribution in [-0.4, -0.2) is 17.9 Å². The van der Waals surface area contributed by atoms with Gasteiger partial charge in [-0.15, -0.1) is 24.5 Å². The maximum absolute atomic E-state index is 12.1. The SMILES string of the molecule is CC(CN)c1nc(-c2ccc(OC(F)(F)F)cc2)cs1. The minimum absolute atomic E-state index is 0.168. The van der Waals surface area contributed by atoms with E-state index in [1.165, 1.54) is 23.5 Å². The molecule has 0 aliphatic heterocycles. The highest BCUT2D eigenvalue weighted by molar-refractivity contribution is 7.10. The fourth-order valence-corrected chi connectivity index (χ4v) is 2.48. The predicted octanol–water partition coefficient (Wildman–Crippen LogP) is 3.77. The van der Waals surface area contributed by atoms with Crippen LogP contribution in [-0.2, 0) is 0 Å². The van der Waals surface area contributed by atoms with Crippen molar-refractivity contribution in [2.24, 2.45) is 5.73 Å². The van der Waals surface area contributed by atoms with E-state index in [4.69, 9.17) is 5.73 Å². The largest absolute Gasteiger partial charge is 0.573 e. The lowest BCUT2D eigenvalue weighted by Gasteiger charge is -2.08. The number of thiazole rings is 1. The Hall–Kier alpha value is -1.60. The maximum Gasteiger partial charge on any atom is 0.573 e. The van der Waals surface area contributed by atoms with Crippen molar-refractivity contribution in [2.75, 3.05) is 6.54 Å². The Kier molecular flexibility index (Phi) is 4.29. The molecule has 0 bridgehead atoms. The van der Waals surface area contributed by atoms with Gasteiger partial charge in [0.1, 0.15) is 5.75 Å². The first-order valence-electron chi connectivity index (χ1n) is 5.90. The molecule has 2 aromatic rings. The molecule has 0 fully saturated rings. The lowest BCUT2D eigenvalue weighted by Crippen LogP contribution is -2.16. The summed E-state index contributed by atoms with van der Waals surface area (Å²) >= 11 is 1.49. The number of halogens is 3. The van der Waals surface area contributed by atoms with Crippen molar-refractivity contribution in [1.82, 2.24) is 4.98 Å². The van der Waals surface area contributed by atoms with E-state index in [2.05, 4.69) is 9.72 Å². The van der Waals surface area contributed by atoms with Gasteiger partial charge in [-0.3, -0.25) is 0 Å². The Balaban J connectivity index is 2.15. The third-order valence-electron chi connectivity index (χ3n) is 2.68. The molecule has 0 aliphatic rings. The molecule has 20 heavy (non-hydrogen) atoms. The van der Waals surface area contributed by atoms with E-state index >= 15 is 0 Å². The lowest BCUT2D eigenvalue weighted by atomic mass is 10.1. The molecule has 1 unspecified atom stereocenters. The maximum atomic E-state index is 12.1. The Morgan fingerprint density at radius 1 is 1.30 bits per heavy atom. The summed E-state index contributed by atoms with van der Waals surface area (Å²) in [6, 6.07) is 5.64. The molecule has 1 aromatic carbocycles. The van der Waals surface area contributed by atoms with Gasteiger partial charge in [0.25, 0.3) is 0 Å². The van der Waals surface area contributed by atoms with Gasteiger partial charge in [0.2, 0.25) is 0 Å². The zero-order chi connectivity index (χ0) is 14.8. The van der Waals surface area contributed by atoms with Crippen LogP contribution < -0.4 is 10.5 Å². The molecule has 0 saturated carbocycles. The first kappa shape index (κ1) is 14.8. The molecular weight excluding hydrogens is 289 g/mol. The number of alkyl halides is 3. The summed E-state index contributed by atoms with van der Waals surface area (Å²) < 4.78 is 40.0. The summed E-state index contributed by atoms with van der Waals surface area (Å²) in [5.74, 6) is -0.0754. The normalized spacial score (nSPS) is 13.2.